The Balaban J connectivity index is 2.41. The standard InChI is InChI=1S/C12H10ClN5O/c1-17-6-9(12-14-15-16-18(12)2)11(19)8-4-3-7(13)5-10(8)17/h3-6H,1-2H3. The summed E-state index contributed by atoms with van der Waals surface area (Å²) >= 11 is 5.96. The van der Waals surface area contributed by atoms with Crippen molar-refractivity contribution in [3.05, 3.63) is 39.6 Å². The number of hydrogen-bond acceptors (Lipinski definition) is 4. The summed E-state index contributed by atoms with van der Waals surface area (Å²) in [6.45, 7) is 0. The van der Waals surface area contributed by atoms with Crippen LogP contribution in [-0.4, -0.2) is 24.8 Å². The number of nitrogens with zero attached hydrogens (tertiary/aromatic N) is 5. The van der Waals surface area contributed by atoms with E-state index in [2.05, 4.69) is 15.5 Å². The molecule has 0 radical (unpaired) electrons. The summed E-state index contributed by atoms with van der Waals surface area (Å²) in [5, 5.41) is 12.4. The van der Waals surface area contributed by atoms with Crippen molar-refractivity contribution in [2.45, 2.75) is 0 Å². The number of halogens is 1. The van der Waals surface area contributed by atoms with Gasteiger partial charge in [0.2, 0.25) is 0 Å². The monoisotopic (exact) mass is 275 g/mol. The molecule has 2 aromatic heterocycles. The highest BCUT2D eigenvalue weighted by atomic mass is 35.5. The second-order valence-corrected chi connectivity index (χ2v) is 4.71. The Kier molecular flexibility index (Phi) is 2.60. The molecule has 2 heterocycles. The van der Waals surface area contributed by atoms with Crippen LogP contribution in [0, 0.1) is 0 Å². The maximum Gasteiger partial charge on any atom is 0.200 e. The van der Waals surface area contributed by atoms with E-state index in [1.807, 2.05) is 11.6 Å². The molecule has 3 rings (SSSR count). The van der Waals surface area contributed by atoms with Crippen molar-refractivity contribution >= 4 is 22.5 Å². The van der Waals surface area contributed by atoms with Gasteiger partial charge in [-0.3, -0.25) is 4.79 Å². The number of benzene rings is 1. The SMILES string of the molecule is Cn1nnnc1-c1cn(C)c2cc(Cl)ccc2c1=O. The van der Waals surface area contributed by atoms with E-state index in [1.54, 1.807) is 31.4 Å². The molecule has 19 heavy (non-hydrogen) atoms. The third kappa shape index (κ3) is 1.80. The molecule has 7 heteroatoms. The molecule has 0 saturated heterocycles. The van der Waals surface area contributed by atoms with Gasteiger partial charge in [0.05, 0.1) is 11.1 Å². The highest BCUT2D eigenvalue weighted by molar-refractivity contribution is 6.31. The fraction of sp³-hybridized carbons (Fsp3) is 0.167. The normalized spacial score (nSPS) is 11.1. The molecule has 1 aromatic carbocycles. The maximum absolute atomic E-state index is 12.5. The summed E-state index contributed by atoms with van der Waals surface area (Å²) in [7, 11) is 3.55. The summed E-state index contributed by atoms with van der Waals surface area (Å²) in [4.78, 5) is 12.5. The van der Waals surface area contributed by atoms with Gasteiger partial charge >= 0.3 is 0 Å². The quantitative estimate of drug-likeness (QED) is 0.673. The van der Waals surface area contributed by atoms with E-state index in [1.165, 1.54) is 4.68 Å². The van der Waals surface area contributed by atoms with Crippen molar-refractivity contribution in [3.63, 3.8) is 0 Å². The first-order valence-electron chi connectivity index (χ1n) is 5.59. The lowest BCUT2D eigenvalue weighted by atomic mass is 10.1. The van der Waals surface area contributed by atoms with E-state index in [-0.39, 0.29) is 5.43 Å². The number of tetrazole rings is 1. The minimum atomic E-state index is -0.109. The smallest absolute Gasteiger partial charge is 0.200 e. The predicted molar refractivity (Wildman–Crippen MR) is 72.0 cm³/mol. The maximum atomic E-state index is 12.5. The Morgan fingerprint density at radius 2 is 2.05 bits per heavy atom. The lowest BCUT2D eigenvalue weighted by molar-refractivity contribution is 0.714. The van der Waals surface area contributed by atoms with Crippen LogP contribution in [-0.2, 0) is 14.1 Å². The van der Waals surface area contributed by atoms with Gasteiger partial charge in [-0.25, -0.2) is 4.68 Å². The van der Waals surface area contributed by atoms with Gasteiger partial charge in [0.15, 0.2) is 11.3 Å². The molecule has 0 bridgehead atoms. The molecule has 0 aliphatic rings. The van der Waals surface area contributed by atoms with Crippen molar-refractivity contribution in [3.8, 4) is 11.4 Å². The fourth-order valence-electron chi connectivity index (χ4n) is 2.07. The number of aryl methyl sites for hydroxylation is 2. The number of hydrogen-bond donors (Lipinski definition) is 0. The van der Waals surface area contributed by atoms with Crippen LogP contribution >= 0.6 is 11.6 Å². The van der Waals surface area contributed by atoms with E-state index < -0.39 is 0 Å². The summed E-state index contributed by atoms with van der Waals surface area (Å²) in [5.74, 6) is 0.442. The second-order valence-electron chi connectivity index (χ2n) is 4.27. The lowest BCUT2D eigenvalue weighted by Crippen LogP contribution is -2.12. The topological polar surface area (TPSA) is 65.6 Å². The van der Waals surface area contributed by atoms with Gasteiger partial charge in [-0.2, -0.15) is 0 Å². The summed E-state index contributed by atoms with van der Waals surface area (Å²) in [6.07, 6.45) is 1.71. The van der Waals surface area contributed by atoms with E-state index in [0.29, 0.717) is 21.8 Å². The Hall–Kier alpha value is -2.21. The summed E-state index contributed by atoms with van der Waals surface area (Å²) < 4.78 is 3.31. The predicted octanol–water partition coefficient (Wildman–Crippen LogP) is 1.38. The molecule has 0 atom stereocenters. The van der Waals surface area contributed by atoms with E-state index in [0.717, 1.165) is 5.52 Å². The van der Waals surface area contributed by atoms with Gasteiger partial charge in [-0.1, -0.05) is 11.6 Å². The molecular weight excluding hydrogens is 266 g/mol. The second kappa shape index (κ2) is 4.17. The zero-order chi connectivity index (χ0) is 13.6. The lowest BCUT2D eigenvalue weighted by Gasteiger charge is -2.08. The molecule has 0 unspecified atom stereocenters. The third-order valence-electron chi connectivity index (χ3n) is 3.01. The largest absolute Gasteiger partial charge is 0.350 e. The highest BCUT2D eigenvalue weighted by Gasteiger charge is 2.14. The van der Waals surface area contributed by atoms with Crippen LogP contribution < -0.4 is 5.43 Å². The van der Waals surface area contributed by atoms with E-state index in [4.69, 9.17) is 11.6 Å². The number of aromatic nitrogens is 5. The fourth-order valence-corrected chi connectivity index (χ4v) is 2.24. The Labute approximate surface area is 113 Å². The minimum Gasteiger partial charge on any atom is -0.350 e. The Bertz CT molecular complexity index is 836. The van der Waals surface area contributed by atoms with Crippen LogP contribution in [0.1, 0.15) is 0 Å². The molecule has 0 aliphatic heterocycles. The van der Waals surface area contributed by atoms with E-state index in [9.17, 15) is 4.79 Å². The molecule has 0 aliphatic carbocycles. The van der Waals surface area contributed by atoms with Gasteiger partial charge in [0, 0.05) is 30.7 Å². The first-order chi connectivity index (χ1) is 9.08. The molecule has 3 aromatic rings. The number of pyridine rings is 1. The zero-order valence-corrected chi connectivity index (χ0v) is 11.1. The van der Waals surface area contributed by atoms with Crippen molar-refractivity contribution in [1.29, 1.82) is 0 Å². The average Bonchev–Trinajstić information content (AvgIpc) is 2.80. The van der Waals surface area contributed by atoms with Gasteiger partial charge in [0.1, 0.15) is 0 Å². The van der Waals surface area contributed by atoms with Gasteiger partial charge in [-0.15, -0.1) is 5.10 Å². The van der Waals surface area contributed by atoms with E-state index >= 15 is 0 Å². The van der Waals surface area contributed by atoms with Crippen molar-refractivity contribution in [1.82, 2.24) is 24.8 Å². The minimum absolute atomic E-state index is 0.109. The molecule has 0 spiro atoms. The zero-order valence-electron chi connectivity index (χ0n) is 10.3. The van der Waals surface area contributed by atoms with Gasteiger partial charge in [-0.05, 0) is 28.6 Å². The van der Waals surface area contributed by atoms with Crippen LogP contribution in [0.2, 0.25) is 5.02 Å². The van der Waals surface area contributed by atoms with Crippen molar-refractivity contribution < 1.29 is 0 Å². The molecule has 96 valence electrons. The van der Waals surface area contributed by atoms with Crippen LogP contribution in [0.15, 0.2) is 29.2 Å². The summed E-state index contributed by atoms with van der Waals surface area (Å²) in [6, 6.07) is 5.17. The van der Waals surface area contributed by atoms with Crippen LogP contribution in [0.4, 0.5) is 0 Å². The molecule has 6 nitrogen and oxygen atoms in total. The van der Waals surface area contributed by atoms with Crippen LogP contribution in [0.5, 0.6) is 0 Å². The highest BCUT2D eigenvalue weighted by Crippen LogP contribution is 2.19. The molecule has 0 saturated carbocycles. The number of fused-ring (bicyclic) bond motifs is 1. The number of rotatable bonds is 1. The molecule has 0 N–H and O–H groups in total. The molecule has 0 fully saturated rings. The Morgan fingerprint density at radius 3 is 2.74 bits per heavy atom. The first-order valence-corrected chi connectivity index (χ1v) is 5.97. The van der Waals surface area contributed by atoms with Crippen molar-refractivity contribution in [2.24, 2.45) is 14.1 Å². The average molecular weight is 276 g/mol. The van der Waals surface area contributed by atoms with Crippen LogP contribution in [0.25, 0.3) is 22.3 Å². The van der Waals surface area contributed by atoms with Gasteiger partial charge < -0.3 is 4.57 Å². The van der Waals surface area contributed by atoms with Crippen molar-refractivity contribution in [2.75, 3.05) is 0 Å². The third-order valence-corrected chi connectivity index (χ3v) is 3.25. The van der Waals surface area contributed by atoms with Crippen LogP contribution in [0.3, 0.4) is 0 Å². The molecule has 0 amide bonds. The summed E-state index contributed by atoms with van der Waals surface area (Å²) in [5.41, 5.74) is 1.13. The van der Waals surface area contributed by atoms with Gasteiger partial charge in [0.25, 0.3) is 0 Å². The molecular formula is C12H10ClN5O. The Morgan fingerprint density at radius 1 is 1.26 bits per heavy atom. The first kappa shape index (κ1) is 11.9.